The van der Waals surface area contributed by atoms with Crippen molar-refractivity contribution in [2.45, 2.75) is 37.0 Å². The van der Waals surface area contributed by atoms with Gasteiger partial charge in [0.25, 0.3) is 0 Å². The Labute approximate surface area is 160 Å². The molecule has 1 fully saturated rings. The van der Waals surface area contributed by atoms with Crippen molar-refractivity contribution >= 4 is 15.9 Å². The number of rotatable bonds is 8. The molecule has 0 unspecified atom stereocenters. The topological polar surface area (TPSA) is 104 Å². The first-order chi connectivity index (χ1) is 13.0. The Morgan fingerprint density at radius 1 is 1.15 bits per heavy atom. The molecule has 1 heterocycles. The van der Waals surface area contributed by atoms with Gasteiger partial charge in [0.15, 0.2) is 0 Å². The van der Waals surface area contributed by atoms with Gasteiger partial charge in [-0.1, -0.05) is 18.2 Å². The Kier molecular flexibility index (Phi) is 6.63. The van der Waals surface area contributed by atoms with Crippen molar-refractivity contribution in [1.82, 2.24) is 20.0 Å². The van der Waals surface area contributed by atoms with E-state index in [2.05, 4.69) is 20.0 Å². The van der Waals surface area contributed by atoms with Gasteiger partial charge in [0.2, 0.25) is 15.9 Å². The van der Waals surface area contributed by atoms with Crippen LogP contribution in [-0.2, 0) is 21.2 Å². The molecule has 0 radical (unpaired) electrons. The highest BCUT2D eigenvalue weighted by molar-refractivity contribution is 7.89. The number of H-pyrrole nitrogens is 1. The van der Waals surface area contributed by atoms with Crippen molar-refractivity contribution < 1.29 is 13.2 Å². The molecule has 8 heteroatoms. The molecule has 3 N–H and O–H groups in total. The Morgan fingerprint density at radius 3 is 2.56 bits per heavy atom. The van der Waals surface area contributed by atoms with Crippen molar-refractivity contribution in [3.63, 3.8) is 0 Å². The van der Waals surface area contributed by atoms with E-state index in [0.29, 0.717) is 13.1 Å². The number of hydrogen-bond donors (Lipinski definition) is 3. The molecule has 0 saturated heterocycles. The fourth-order valence-electron chi connectivity index (χ4n) is 3.43. The Balaban J connectivity index is 1.38. The Morgan fingerprint density at radius 2 is 1.89 bits per heavy atom. The van der Waals surface area contributed by atoms with Gasteiger partial charge in [-0.15, -0.1) is 0 Å². The van der Waals surface area contributed by atoms with Gasteiger partial charge in [0.05, 0.1) is 11.2 Å². The van der Waals surface area contributed by atoms with Crippen LogP contribution in [0.3, 0.4) is 0 Å². The Bertz CT molecular complexity index is 814. The van der Waals surface area contributed by atoms with Crippen LogP contribution in [0.5, 0.6) is 0 Å². The molecule has 3 rings (SSSR count). The molecule has 146 valence electrons. The van der Waals surface area contributed by atoms with Gasteiger partial charge in [-0.3, -0.25) is 4.79 Å². The molecule has 0 aliphatic heterocycles. The summed E-state index contributed by atoms with van der Waals surface area (Å²) in [7, 11) is -3.46. The van der Waals surface area contributed by atoms with Crippen LogP contribution in [0, 0.1) is 11.8 Å². The molecule has 1 aliphatic carbocycles. The summed E-state index contributed by atoms with van der Waals surface area (Å²) in [5, 5.41) is 2.99. The average molecular weight is 391 g/mol. The maximum Gasteiger partial charge on any atom is 0.240 e. The first kappa shape index (κ1) is 19.6. The summed E-state index contributed by atoms with van der Waals surface area (Å²) in [5.41, 5.74) is 1.00. The largest absolute Gasteiger partial charge is 0.355 e. The van der Waals surface area contributed by atoms with Crippen LogP contribution in [-0.4, -0.2) is 37.4 Å². The number of aromatic amines is 1. The van der Waals surface area contributed by atoms with Crippen molar-refractivity contribution in [1.29, 1.82) is 0 Å². The fourth-order valence-corrected chi connectivity index (χ4v) is 4.56. The van der Waals surface area contributed by atoms with Crippen molar-refractivity contribution in [3.05, 3.63) is 48.5 Å². The Hall–Kier alpha value is -2.19. The third-order valence-corrected chi connectivity index (χ3v) is 6.52. The molecule has 27 heavy (non-hydrogen) atoms. The highest BCUT2D eigenvalue weighted by Gasteiger charge is 2.27. The van der Waals surface area contributed by atoms with Crippen LogP contribution in [0.15, 0.2) is 47.8 Å². The minimum absolute atomic E-state index is 0.0220. The van der Waals surface area contributed by atoms with Gasteiger partial charge in [0.1, 0.15) is 0 Å². The SMILES string of the molecule is O=C(NCCc1cnc[nH]1)C1CCC(CNS(=O)(=O)c2ccccc2)CC1. The molecule has 1 aromatic heterocycles. The molecule has 0 atom stereocenters. The second-order valence-corrected chi connectivity index (χ2v) is 8.77. The van der Waals surface area contributed by atoms with Crippen LogP contribution < -0.4 is 10.0 Å². The zero-order valence-electron chi connectivity index (χ0n) is 15.2. The molecule has 0 spiro atoms. The third kappa shape index (κ3) is 5.64. The van der Waals surface area contributed by atoms with Gasteiger partial charge in [-0.05, 0) is 43.7 Å². The van der Waals surface area contributed by atoms with Gasteiger partial charge in [-0.25, -0.2) is 18.1 Å². The zero-order chi connectivity index (χ0) is 19.1. The van der Waals surface area contributed by atoms with E-state index in [4.69, 9.17) is 0 Å². The van der Waals surface area contributed by atoms with E-state index in [9.17, 15) is 13.2 Å². The number of aromatic nitrogens is 2. The minimum atomic E-state index is -3.46. The lowest BCUT2D eigenvalue weighted by atomic mass is 9.81. The van der Waals surface area contributed by atoms with Crippen LogP contribution in [0.4, 0.5) is 0 Å². The molecule has 7 nitrogen and oxygen atoms in total. The fraction of sp³-hybridized carbons (Fsp3) is 0.474. The van der Waals surface area contributed by atoms with E-state index >= 15 is 0 Å². The average Bonchev–Trinajstić information content (AvgIpc) is 3.21. The summed E-state index contributed by atoms with van der Waals surface area (Å²) in [6, 6.07) is 8.40. The summed E-state index contributed by atoms with van der Waals surface area (Å²) in [6.45, 7) is 1.02. The van der Waals surface area contributed by atoms with E-state index in [0.717, 1.165) is 37.8 Å². The summed E-state index contributed by atoms with van der Waals surface area (Å²) >= 11 is 0. The summed E-state index contributed by atoms with van der Waals surface area (Å²) in [5.74, 6) is 0.393. The number of benzene rings is 1. The maximum atomic E-state index is 12.3. The normalized spacial score (nSPS) is 20.3. The van der Waals surface area contributed by atoms with Crippen molar-refractivity contribution in [2.24, 2.45) is 11.8 Å². The predicted molar refractivity (Wildman–Crippen MR) is 102 cm³/mol. The molecule has 1 amide bonds. The molecule has 1 aromatic carbocycles. The van der Waals surface area contributed by atoms with Crippen molar-refractivity contribution in [3.8, 4) is 0 Å². The van der Waals surface area contributed by atoms with Crippen LogP contribution >= 0.6 is 0 Å². The van der Waals surface area contributed by atoms with E-state index in [1.807, 2.05) is 0 Å². The lowest BCUT2D eigenvalue weighted by Crippen LogP contribution is -2.36. The first-order valence-electron chi connectivity index (χ1n) is 9.34. The minimum Gasteiger partial charge on any atom is -0.355 e. The highest BCUT2D eigenvalue weighted by atomic mass is 32.2. The van der Waals surface area contributed by atoms with Crippen LogP contribution in [0.1, 0.15) is 31.4 Å². The van der Waals surface area contributed by atoms with E-state index in [1.54, 1.807) is 42.9 Å². The number of nitrogens with zero attached hydrogens (tertiary/aromatic N) is 1. The molecular formula is C19H26N4O3S. The second kappa shape index (κ2) is 9.14. The van der Waals surface area contributed by atoms with Gasteiger partial charge in [0, 0.05) is 37.3 Å². The number of amides is 1. The molecule has 1 saturated carbocycles. The third-order valence-electron chi connectivity index (χ3n) is 5.08. The molecular weight excluding hydrogens is 364 g/mol. The first-order valence-corrected chi connectivity index (χ1v) is 10.8. The number of hydrogen-bond acceptors (Lipinski definition) is 4. The number of carbonyl (C=O) groups excluding carboxylic acids is 1. The standard InChI is InChI=1S/C19H26N4O3S/c24-19(21-11-10-17-13-20-14-22-17)16-8-6-15(7-9-16)12-23-27(25,26)18-4-2-1-3-5-18/h1-5,13-16,23H,6-12H2,(H,20,22)(H,21,24). The molecule has 0 bridgehead atoms. The van der Waals surface area contributed by atoms with Crippen LogP contribution in [0.2, 0.25) is 0 Å². The van der Waals surface area contributed by atoms with Gasteiger partial charge in [-0.2, -0.15) is 0 Å². The summed E-state index contributed by atoms with van der Waals surface area (Å²) < 4.78 is 27.3. The number of nitrogens with one attached hydrogen (secondary N) is 3. The zero-order valence-corrected chi connectivity index (χ0v) is 16.0. The second-order valence-electron chi connectivity index (χ2n) is 7.00. The smallest absolute Gasteiger partial charge is 0.240 e. The monoisotopic (exact) mass is 390 g/mol. The maximum absolute atomic E-state index is 12.3. The number of carbonyl (C=O) groups is 1. The highest BCUT2D eigenvalue weighted by Crippen LogP contribution is 2.28. The number of sulfonamides is 1. The number of imidazole rings is 1. The molecule has 2 aromatic rings. The van der Waals surface area contributed by atoms with E-state index in [1.165, 1.54) is 0 Å². The van der Waals surface area contributed by atoms with E-state index in [-0.39, 0.29) is 22.6 Å². The predicted octanol–water partition coefficient (Wildman–Crippen LogP) is 1.85. The lowest BCUT2D eigenvalue weighted by Gasteiger charge is -2.27. The molecule has 1 aliphatic rings. The lowest BCUT2D eigenvalue weighted by molar-refractivity contribution is -0.126. The van der Waals surface area contributed by atoms with Crippen molar-refractivity contribution in [2.75, 3.05) is 13.1 Å². The summed E-state index contributed by atoms with van der Waals surface area (Å²) in [4.78, 5) is 19.5. The summed E-state index contributed by atoms with van der Waals surface area (Å²) in [6.07, 6.45) is 7.44. The van der Waals surface area contributed by atoms with Crippen LogP contribution in [0.25, 0.3) is 0 Å². The quantitative estimate of drug-likeness (QED) is 0.640. The van der Waals surface area contributed by atoms with E-state index < -0.39 is 10.0 Å². The van der Waals surface area contributed by atoms with Gasteiger partial charge >= 0.3 is 0 Å². The van der Waals surface area contributed by atoms with Gasteiger partial charge < -0.3 is 10.3 Å².